The summed E-state index contributed by atoms with van der Waals surface area (Å²) in [5.41, 5.74) is 1.45. The zero-order valence-corrected chi connectivity index (χ0v) is 14.2. The Kier molecular flexibility index (Phi) is 4.22. The molecule has 6 nitrogen and oxygen atoms in total. The average Bonchev–Trinajstić information content (AvgIpc) is 2.95. The molecular weight excluding hydrogens is 288 g/mol. The fourth-order valence-corrected chi connectivity index (χ4v) is 2.60. The van der Waals surface area contributed by atoms with Crippen LogP contribution in [0.1, 0.15) is 0 Å². The first-order valence-corrected chi connectivity index (χ1v) is 10.0. The minimum absolute atomic E-state index is 0.451. The van der Waals surface area contributed by atoms with Crippen LogP contribution in [0.2, 0.25) is 19.6 Å². The molecule has 0 aliphatic rings. The Hall–Kier alpha value is -2.02. The SMILES string of the molecule is COc1cc(-c2nnc([Si](C)(C)C)o2)cc(OC)c1OC. The quantitative estimate of drug-likeness (QED) is 0.790. The van der Waals surface area contributed by atoms with Gasteiger partial charge in [-0.05, 0) is 12.1 Å². The number of methoxy groups -OCH3 is 3. The lowest BCUT2D eigenvalue weighted by Gasteiger charge is -2.13. The Balaban J connectivity index is 2.51. The Morgan fingerprint density at radius 3 is 1.86 bits per heavy atom. The van der Waals surface area contributed by atoms with Crippen molar-refractivity contribution in [3.05, 3.63) is 12.1 Å². The maximum Gasteiger partial charge on any atom is 0.247 e. The fraction of sp³-hybridized carbons (Fsp3) is 0.429. The minimum Gasteiger partial charge on any atom is -0.493 e. The summed E-state index contributed by atoms with van der Waals surface area (Å²) in [5, 5.41) is 8.27. The molecule has 1 aromatic heterocycles. The van der Waals surface area contributed by atoms with Crippen LogP contribution in [-0.2, 0) is 0 Å². The molecule has 0 N–H and O–H groups in total. The molecule has 0 aliphatic heterocycles. The molecule has 0 amide bonds. The Morgan fingerprint density at radius 2 is 1.48 bits per heavy atom. The molecule has 0 aliphatic carbocycles. The summed E-state index contributed by atoms with van der Waals surface area (Å²) in [4.78, 5) is 0. The third-order valence-electron chi connectivity index (χ3n) is 2.98. The first kappa shape index (κ1) is 15.4. The molecule has 7 heteroatoms. The molecular formula is C14H20N2O4Si. The van der Waals surface area contributed by atoms with E-state index in [1.807, 2.05) is 0 Å². The molecule has 1 heterocycles. The molecule has 0 unspecified atom stereocenters. The normalized spacial score (nSPS) is 11.3. The van der Waals surface area contributed by atoms with Gasteiger partial charge in [-0.3, -0.25) is 0 Å². The standard InChI is InChI=1S/C14H20N2O4Si/c1-17-10-7-9(8-11(18-2)12(10)19-3)13-15-16-14(20-13)21(4,5)6/h7-8H,1-6H3. The van der Waals surface area contributed by atoms with Crippen molar-refractivity contribution in [1.82, 2.24) is 10.2 Å². The van der Waals surface area contributed by atoms with E-state index in [4.69, 9.17) is 18.6 Å². The van der Waals surface area contributed by atoms with Crippen LogP contribution in [0.3, 0.4) is 0 Å². The van der Waals surface area contributed by atoms with Crippen molar-refractivity contribution in [1.29, 1.82) is 0 Å². The van der Waals surface area contributed by atoms with Gasteiger partial charge in [-0.2, -0.15) is 0 Å². The molecule has 2 aromatic rings. The van der Waals surface area contributed by atoms with Gasteiger partial charge in [-0.15, -0.1) is 10.2 Å². The van der Waals surface area contributed by atoms with Crippen molar-refractivity contribution in [3.63, 3.8) is 0 Å². The summed E-state index contributed by atoms with van der Waals surface area (Å²) < 4.78 is 21.8. The van der Waals surface area contributed by atoms with E-state index in [1.54, 1.807) is 33.5 Å². The highest BCUT2D eigenvalue weighted by Gasteiger charge is 2.25. The van der Waals surface area contributed by atoms with E-state index in [1.165, 1.54) is 0 Å². The molecule has 0 bridgehead atoms. The zero-order chi connectivity index (χ0) is 15.6. The van der Waals surface area contributed by atoms with Gasteiger partial charge in [0.15, 0.2) is 25.1 Å². The van der Waals surface area contributed by atoms with Crippen molar-refractivity contribution in [3.8, 4) is 28.7 Å². The highest BCUT2D eigenvalue weighted by Crippen LogP contribution is 2.40. The fourth-order valence-electron chi connectivity index (χ4n) is 1.85. The van der Waals surface area contributed by atoms with Crippen molar-refractivity contribution < 1.29 is 18.6 Å². The lowest BCUT2D eigenvalue weighted by Crippen LogP contribution is -2.38. The van der Waals surface area contributed by atoms with Crippen molar-refractivity contribution >= 4 is 13.6 Å². The second-order valence-electron chi connectivity index (χ2n) is 5.58. The number of rotatable bonds is 5. The predicted molar refractivity (Wildman–Crippen MR) is 82.4 cm³/mol. The maximum atomic E-state index is 5.79. The molecule has 21 heavy (non-hydrogen) atoms. The van der Waals surface area contributed by atoms with Gasteiger partial charge in [-0.25, -0.2) is 0 Å². The summed E-state index contributed by atoms with van der Waals surface area (Å²) in [5.74, 6) is 2.10. The minimum atomic E-state index is -1.63. The van der Waals surface area contributed by atoms with Gasteiger partial charge in [0, 0.05) is 5.56 Å². The summed E-state index contributed by atoms with van der Waals surface area (Å²) in [7, 11) is 3.07. The number of ether oxygens (including phenoxy) is 3. The number of hydrogen-bond acceptors (Lipinski definition) is 6. The number of benzene rings is 1. The second kappa shape index (κ2) is 5.77. The molecule has 0 saturated heterocycles. The highest BCUT2D eigenvalue weighted by atomic mass is 28.3. The van der Waals surface area contributed by atoms with Crippen molar-refractivity contribution in [2.45, 2.75) is 19.6 Å². The lowest BCUT2D eigenvalue weighted by atomic mass is 10.2. The summed E-state index contributed by atoms with van der Waals surface area (Å²) in [6, 6.07) is 3.59. The number of nitrogens with zero attached hydrogens (tertiary/aromatic N) is 2. The highest BCUT2D eigenvalue weighted by molar-refractivity contribution is 6.87. The monoisotopic (exact) mass is 308 g/mol. The Morgan fingerprint density at radius 1 is 0.905 bits per heavy atom. The molecule has 0 spiro atoms. The van der Waals surface area contributed by atoms with E-state index in [9.17, 15) is 0 Å². The van der Waals surface area contributed by atoms with E-state index in [0.717, 1.165) is 5.56 Å². The van der Waals surface area contributed by atoms with Crippen LogP contribution >= 0.6 is 0 Å². The lowest BCUT2D eigenvalue weighted by molar-refractivity contribution is 0.324. The van der Waals surface area contributed by atoms with Crippen LogP contribution in [0.5, 0.6) is 17.2 Å². The maximum absolute atomic E-state index is 5.79. The summed E-state index contributed by atoms with van der Waals surface area (Å²) in [6.45, 7) is 6.46. The predicted octanol–water partition coefficient (Wildman–Crippen LogP) is 2.31. The van der Waals surface area contributed by atoms with Crippen molar-refractivity contribution in [2.24, 2.45) is 0 Å². The molecule has 1 aromatic carbocycles. The largest absolute Gasteiger partial charge is 0.493 e. The molecule has 0 radical (unpaired) electrons. The second-order valence-corrected chi connectivity index (χ2v) is 10.5. The Bertz CT molecular complexity index is 609. The smallest absolute Gasteiger partial charge is 0.247 e. The molecule has 0 saturated carbocycles. The van der Waals surface area contributed by atoms with Crippen LogP contribution in [0, 0.1) is 0 Å². The van der Waals surface area contributed by atoms with Gasteiger partial charge in [0.25, 0.3) is 0 Å². The van der Waals surface area contributed by atoms with E-state index >= 15 is 0 Å². The molecule has 0 atom stereocenters. The van der Waals surface area contributed by atoms with Gasteiger partial charge >= 0.3 is 0 Å². The number of aromatic nitrogens is 2. The van der Waals surface area contributed by atoms with E-state index in [0.29, 0.717) is 28.7 Å². The summed E-state index contributed by atoms with van der Waals surface area (Å²) >= 11 is 0. The third kappa shape index (κ3) is 3.02. The first-order valence-electron chi connectivity index (χ1n) is 6.55. The molecule has 114 valence electrons. The van der Waals surface area contributed by atoms with Crippen LogP contribution in [0.15, 0.2) is 16.5 Å². The van der Waals surface area contributed by atoms with Gasteiger partial charge in [0.1, 0.15) is 0 Å². The van der Waals surface area contributed by atoms with Crippen LogP contribution in [0.25, 0.3) is 11.5 Å². The Labute approximate surface area is 125 Å². The topological polar surface area (TPSA) is 66.6 Å². The van der Waals surface area contributed by atoms with Crippen LogP contribution in [-0.4, -0.2) is 39.6 Å². The molecule has 2 rings (SSSR count). The summed E-state index contributed by atoms with van der Waals surface area (Å²) in [6.07, 6.45) is 0. The van der Waals surface area contributed by atoms with Gasteiger partial charge < -0.3 is 18.6 Å². The van der Waals surface area contributed by atoms with Gasteiger partial charge in [-0.1, -0.05) is 19.6 Å². The third-order valence-corrected chi connectivity index (χ3v) is 4.46. The zero-order valence-electron chi connectivity index (χ0n) is 13.2. The molecule has 0 fully saturated rings. The average molecular weight is 308 g/mol. The van der Waals surface area contributed by atoms with Crippen LogP contribution < -0.4 is 19.7 Å². The van der Waals surface area contributed by atoms with E-state index < -0.39 is 8.07 Å². The first-order chi connectivity index (χ1) is 9.90. The van der Waals surface area contributed by atoms with Gasteiger partial charge in [0.2, 0.25) is 11.6 Å². The van der Waals surface area contributed by atoms with Gasteiger partial charge in [0.05, 0.1) is 21.3 Å². The van der Waals surface area contributed by atoms with Crippen LogP contribution in [0.4, 0.5) is 0 Å². The number of hydrogen-bond donors (Lipinski definition) is 0. The van der Waals surface area contributed by atoms with E-state index in [-0.39, 0.29) is 0 Å². The van der Waals surface area contributed by atoms with E-state index in [2.05, 4.69) is 29.8 Å². The van der Waals surface area contributed by atoms with Crippen molar-refractivity contribution in [2.75, 3.05) is 21.3 Å².